The van der Waals surface area contributed by atoms with E-state index in [2.05, 4.69) is 71.9 Å². The Hall–Kier alpha value is -2.10. The van der Waals surface area contributed by atoms with Gasteiger partial charge in [0.2, 0.25) is 0 Å². The van der Waals surface area contributed by atoms with Gasteiger partial charge in [-0.05, 0) is 116 Å². The highest BCUT2D eigenvalue weighted by Crippen LogP contribution is 2.75. The maximum absolute atomic E-state index is 12.4. The van der Waals surface area contributed by atoms with Crippen molar-refractivity contribution in [3.63, 3.8) is 0 Å². The Morgan fingerprint density at radius 2 is 1.63 bits per heavy atom. The molecule has 4 fully saturated rings. The van der Waals surface area contributed by atoms with Gasteiger partial charge in [-0.15, -0.1) is 0 Å². The van der Waals surface area contributed by atoms with E-state index in [4.69, 9.17) is 9.99 Å². The van der Waals surface area contributed by atoms with Crippen LogP contribution in [0.2, 0.25) is 0 Å². The van der Waals surface area contributed by atoms with E-state index in [1.54, 1.807) is 5.57 Å². The van der Waals surface area contributed by atoms with E-state index < -0.39 is 11.4 Å². The fraction of sp³-hybridized carbons (Fsp3) is 0.730. The second-order valence-corrected chi connectivity index (χ2v) is 16.6. The monoisotopic (exact) mass is 559 g/mol. The number of benzene rings is 1. The number of aliphatic carboxylic acids is 1. The number of carboxylic acid groups (broad SMARTS) is 1. The van der Waals surface area contributed by atoms with Crippen LogP contribution >= 0.6 is 0 Å². The van der Waals surface area contributed by atoms with E-state index in [-0.39, 0.29) is 27.1 Å². The summed E-state index contributed by atoms with van der Waals surface area (Å²) in [6.45, 7) is 17.7. The number of allylic oxidation sites excluding steroid dienone is 2. The Balaban J connectivity index is 1.29. The number of fused-ring (bicyclic) bond motifs is 7. The first-order chi connectivity index (χ1) is 19.2. The van der Waals surface area contributed by atoms with Crippen molar-refractivity contribution in [1.29, 1.82) is 0 Å². The molecule has 8 atom stereocenters. The minimum Gasteiger partial charge on any atom is -0.481 e. The predicted octanol–water partition coefficient (Wildman–Crippen LogP) is 9.45. The van der Waals surface area contributed by atoms with Crippen LogP contribution in [0.15, 0.2) is 47.1 Å². The van der Waals surface area contributed by atoms with Crippen molar-refractivity contribution in [2.45, 2.75) is 119 Å². The molecule has 1 N–H and O–H groups in total. The molecule has 4 nitrogen and oxygen atoms in total. The molecule has 0 aliphatic heterocycles. The lowest BCUT2D eigenvalue weighted by molar-refractivity contribution is -0.169. The highest BCUT2D eigenvalue weighted by Gasteiger charge is 2.68. The van der Waals surface area contributed by atoms with Crippen LogP contribution < -0.4 is 0 Å². The molecule has 1 aromatic rings. The molecule has 0 bridgehead atoms. The third-order valence-corrected chi connectivity index (χ3v) is 14.4. The summed E-state index contributed by atoms with van der Waals surface area (Å²) >= 11 is 0. The Morgan fingerprint density at radius 3 is 2.34 bits per heavy atom. The zero-order chi connectivity index (χ0) is 29.5. The first-order valence-corrected chi connectivity index (χ1v) is 16.4. The summed E-state index contributed by atoms with van der Waals surface area (Å²) < 4.78 is 0. The molecule has 5 aliphatic rings. The molecule has 41 heavy (non-hydrogen) atoms. The quantitative estimate of drug-likeness (QED) is 0.295. The van der Waals surface area contributed by atoms with Gasteiger partial charge < -0.3 is 9.94 Å². The summed E-state index contributed by atoms with van der Waals surface area (Å²) in [5.74, 6) is 1.00. The van der Waals surface area contributed by atoms with Gasteiger partial charge in [0.05, 0.1) is 11.1 Å². The van der Waals surface area contributed by atoms with Crippen LogP contribution in [0.3, 0.4) is 0 Å². The molecule has 5 aliphatic carbocycles. The normalized spacial score (nSPS) is 45.9. The van der Waals surface area contributed by atoms with Gasteiger partial charge in [-0.25, -0.2) is 0 Å². The summed E-state index contributed by atoms with van der Waals surface area (Å²) in [7, 11) is 0. The number of carboxylic acids is 1. The minimum absolute atomic E-state index is 0.00766. The SMILES string of the molecule is CC1(C)/C(=N\OCc2ccccc2)CC[C@]2(C)[C@H]3CC=C4[C@@H]5C[C@](C)(C(=O)O)CC[C@]5(C)CC[C@@]4(C)[C@]3(C)CC[C@@H]12. The molecule has 0 aromatic heterocycles. The van der Waals surface area contributed by atoms with Gasteiger partial charge in [-0.2, -0.15) is 0 Å². The summed E-state index contributed by atoms with van der Waals surface area (Å²) in [4.78, 5) is 18.3. The van der Waals surface area contributed by atoms with Crippen molar-refractivity contribution in [3.8, 4) is 0 Å². The molecule has 0 radical (unpaired) electrons. The largest absolute Gasteiger partial charge is 0.481 e. The van der Waals surface area contributed by atoms with E-state index in [1.807, 2.05) is 13.0 Å². The summed E-state index contributed by atoms with van der Waals surface area (Å²) in [5.41, 5.74) is 4.30. The van der Waals surface area contributed by atoms with Gasteiger partial charge in [-0.1, -0.05) is 88.7 Å². The van der Waals surface area contributed by atoms with Crippen molar-refractivity contribution in [2.75, 3.05) is 0 Å². The zero-order valence-corrected chi connectivity index (χ0v) is 26.7. The molecular weight excluding hydrogens is 506 g/mol. The summed E-state index contributed by atoms with van der Waals surface area (Å²) in [6, 6.07) is 10.3. The van der Waals surface area contributed by atoms with Crippen molar-refractivity contribution < 1.29 is 14.7 Å². The molecule has 0 saturated heterocycles. The Bertz CT molecular complexity index is 1270. The van der Waals surface area contributed by atoms with Gasteiger partial charge >= 0.3 is 5.97 Å². The van der Waals surface area contributed by atoms with E-state index in [1.165, 1.54) is 37.8 Å². The van der Waals surface area contributed by atoms with Crippen LogP contribution in [0.25, 0.3) is 0 Å². The van der Waals surface area contributed by atoms with E-state index in [0.29, 0.717) is 24.4 Å². The minimum atomic E-state index is -0.602. The fourth-order valence-electron chi connectivity index (χ4n) is 11.3. The van der Waals surface area contributed by atoms with Crippen LogP contribution in [0.4, 0.5) is 0 Å². The van der Waals surface area contributed by atoms with Gasteiger partial charge in [-0.3, -0.25) is 4.79 Å². The van der Waals surface area contributed by atoms with Crippen LogP contribution in [0.1, 0.15) is 118 Å². The highest BCUT2D eigenvalue weighted by molar-refractivity contribution is 5.90. The van der Waals surface area contributed by atoms with Gasteiger partial charge in [0, 0.05) is 5.41 Å². The lowest BCUT2D eigenvalue weighted by Crippen LogP contribution is -2.64. The predicted molar refractivity (Wildman–Crippen MR) is 165 cm³/mol. The maximum Gasteiger partial charge on any atom is 0.309 e. The molecule has 4 saturated carbocycles. The Kier molecular flexibility index (Phi) is 6.68. The highest BCUT2D eigenvalue weighted by atomic mass is 16.6. The number of oxime groups is 1. The van der Waals surface area contributed by atoms with E-state index >= 15 is 0 Å². The number of hydrogen-bond donors (Lipinski definition) is 1. The molecule has 4 heteroatoms. The van der Waals surface area contributed by atoms with Crippen LogP contribution in [-0.4, -0.2) is 16.8 Å². The van der Waals surface area contributed by atoms with Crippen molar-refractivity contribution in [2.24, 2.45) is 55.4 Å². The van der Waals surface area contributed by atoms with Crippen molar-refractivity contribution in [3.05, 3.63) is 47.5 Å². The topological polar surface area (TPSA) is 58.9 Å². The average molecular weight is 560 g/mol. The Morgan fingerprint density at radius 1 is 0.927 bits per heavy atom. The van der Waals surface area contributed by atoms with Crippen molar-refractivity contribution in [1.82, 2.24) is 0 Å². The molecule has 0 heterocycles. The molecule has 0 unspecified atom stereocenters. The summed E-state index contributed by atoms with van der Waals surface area (Å²) in [5, 5.41) is 15.0. The third-order valence-electron chi connectivity index (χ3n) is 14.4. The standard InChI is InChI=1S/C37H53NO3/c1-32(2)28-15-18-37(7)29(35(28,5)17-16-30(32)38-41-24-25-11-9-8-10-12-25)14-13-26-27-23-34(4,31(39)40)20-19-33(27,3)21-22-36(26,37)6/h8-13,27-29H,14-24H2,1-7H3,(H,39,40)/b38-30-/t27-,28-,29+,33+,34+,35-,36+,37+/m0/s1. The maximum atomic E-state index is 12.4. The lowest BCUT2D eigenvalue weighted by atomic mass is 9.33. The van der Waals surface area contributed by atoms with Gasteiger partial charge in [0.1, 0.15) is 6.61 Å². The zero-order valence-electron chi connectivity index (χ0n) is 26.7. The second kappa shape index (κ2) is 9.45. The van der Waals surface area contributed by atoms with Crippen LogP contribution in [0, 0.1) is 50.2 Å². The molecule has 0 spiro atoms. The average Bonchev–Trinajstić information content (AvgIpc) is 2.92. The van der Waals surface area contributed by atoms with Crippen molar-refractivity contribution >= 4 is 11.7 Å². The first kappa shape index (κ1) is 29.0. The lowest BCUT2D eigenvalue weighted by Gasteiger charge is -2.71. The molecule has 6 rings (SSSR count). The van der Waals surface area contributed by atoms with E-state index in [0.717, 1.165) is 37.7 Å². The van der Waals surface area contributed by atoms with Crippen LogP contribution in [0.5, 0.6) is 0 Å². The number of carbonyl (C=O) groups is 1. The van der Waals surface area contributed by atoms with Gasteiger partial charge in [0.15, 0.2) is 0 Å². The smallest absolute Gasteiger partial charge is 0.309 e. The Labute approximate surface area is 248 Å². The number of rotatable bonds is 4. The van der Waals surface area contributed by atoms with Crippen LogP contribution in [-0.2, 0) is 16.2 Å². The number of hydrogen-bond acceptors (Lipinski definition) is 3. The summed E-state index contributed by atoms with van der Waals surface area (Å²) in [6.07, 6.45) is 13.6. The fourth-order valence-corrected chi connectivity index (χ4v) is 11.3. The number of nitrogens with zero attached hydrogens (tertiary/aromatic N) is 1. The third kappa shape index (κ3) is 4.12. The molecule has 0 amide bonds. The molecular formula is C37H53NO3. The molecule has 224 valence electrons. The van der Waals surface area contributed by atoms with Gasteiger partial charge in [0.25, 0.3) is 0 Å². The van der Waals surface area contributed by atoms with E-state index in [9.17, 15) is 9.90 Å². The second-order valence-electron chi connectivity index (χ2n) is 16.6. The molecule has 1 aromatic carbocycles. The first-order valence-electron chi connectivity index (χ1n) is 16.4.